The van der Waals surface area contributed by atoms with E-state index in [9.17, 15) is 43.8 Å². The summed E-state index contributed by atoms with van der Waals surface area (Å²) in [5.74, 6) is -6.62. The number of aliphatic hydroxyl groups excluding tert-OH is 1. The summed E-state index contributed by atoms with van der Waals surface area (Å²) in [6.07, 6.45) is 4.55. The summed E-state index contributed by atoms with van der Waals surface area (Å²) in [4.78, 5) is 106. The van der Waals surface area contributed by atoms with Gasteiger partial charge < -0.3 is 63.9 Å². The maximum absolute atomic E-state index is 14.3. The molecule has 336 valence electrons. The molecule has 3 rings (SSSR count). The quantitative estimate of drug-likeness (QED) is 0.0303. The van der Waals surface area contributed by atoms with Crippen molar-refractivity contribution < 1.29 is 43.8 Å². The number of nitrogens with two attached hydrogens (primary N) is 3. The normalized spacial score (nSPS) is 17.1. The van der Waals surface area contributed by atoms with Gasteiger partial charge in [0.2, 0.25) is 35.4 Å². The van der Waals surface area contributed by atoms with Gasteiger partial charge in [0.1, 0.15) is 36.3 Å². The van der Waals surface area contributed by atoms with E-state index in [0.717, 1.165) is 0 Å². The second-order valence-corrected chi connectivity index (χ2v) is 15.5. The third-order valence-electron chi connectivity index (χ3n) is 10.5. The number of likely N-dealkylation sites (tertiary alicyclic amines) is 1. The summed E-state index contributed by atoms with van der Waals surface area (Å²) in [5, 5.41) is 33.1. The lowest BCUT2D eigenvalue weighted by atomic mass is 9.97. The van der Waals surface area contributed by atoms with Crippen molar-refractivity contribution in [3.8, 4) is 0 Å². The molecule has 1 saturated heterocycles. The minimum Gasteiger partial charge on any atom is -0.480 e. The van der Waals surface area contributed by atoms with Gasteiger partial charge in [0.05, 0.1) is 19.0 Å². The van der Waals surface area contributed by atoms with E-state index in [1.54, 1.807) is 58.0 Å². The molecule has 8 atom stereocenters. The molecule has 1 aromatic heterocycles. The molecule has 0 saturated carbocycles. The van der Waals surface area contributed by atoms with Crippen molar-refractivity contribution in [3.63, 3.8) is 0 Å². The van der Waals surface area contributed by atoms with Crippen LogP contribution in [0.4, 0.5) is 0 Å². The average molecular weight is 855 g/mol. The Kier molecular flexibility index (Phi) is 19.6. The topological polar surface area (TPSA) is 342 Å². The molecule has 1 aromatic carbocycles. The number of aliphatic imine (C=N–C) groups is 1. The van der Waals surface area contributed by atoms with Gasteiger partial charge in [-0.15, -0.1) is 0 Å². The summed E-state index contributed by atoms with van der Waals surface area (Å²) in [5.41, 5.74) is 17.8. The van der Waals surface area contributed by atoms with E-state index < -0.39 is 102 Å². The highest BCUT2D eigenvalue weighted by Crippen LogP contribution is 2.21. The molecule has 0 unspecified atom stereocenters. The fraction of sp³-hybridized carbons (Fsp3) is 0.575. The Morgan fingerprint density at radius 1 is 0.885 bits per heavy atom. The fourth-order valence-electron chi connectivity index (χ4n) is 6.76. The van der Waals surface area contributed by atoms with Crippen LogP contribution in [-0.4, -0.2) is 134 Å². The predicted octanol–water partition coefficient (Wildman–Crippen LogP) is -2.23. The summed E-state index contributed by atoms with van der Waals surface area (Å²) in [6.45, 7) is 6.38. The number of aromatic amines is 1. The Labute approximate surface area is 354 Å². The molecule has 0 bridgehead atoms. The van der Waals surface area contributed by atoms with Crippen LogP contribution in [0.1, 0.15) is 71.1 Å². The number of aromatic nitrogens is 2. The van der Waals surface area contributed by atoms with Crippen LogP contribution in [0.15, 0.2) is 47.8 Å². The summed E-state index contributed by atoms with van der Waals surface area (Å²) < 4.78 is 0. The molecule has 61 heavy (non-hydrogen) atoms. The van der Waals surface area contributed by atoms with E-state index in [1.165, 1.54) is 17.4 Å². The van der Waals surface area contributed by atoms with E-state index in [-0.39, 0.29) is 44.7 Å². The van der Waals surface area contributed by atoms with Gasteiger partial charge in [-0.25, -0.2) is 9.78 Å². The summed E-state index contributed by atoms with van der Waals surface area (Å²) >= 11 is 0. The number of hydrogen-bond acceptors (Lipinski definition) is 11. The van der Waals surface area contributed by atoms with Crippen molar-refractivity contribution >= 4 is 47.4 Å². The van der Waals surface area contributed by atoms with Crippen LogP contribution >= 0.6 is 0 Å². The number of imidazole rings is 1. The largest absolute Gasteiger partial charge is 0.480 e. The third kappa shape index (κ3) is 15.2. The molecule has 1 fully saturated rings. The smallest absolute Gasteiger partial charge is 0.326 e. The van der Waals surface area contributed by atoms with Gasteiger partial charge >= 0.3 is 5.97 Å². The summed E-state index contributed by atoms with van der Waals surface area (Å²) in [7, 11) is 0. The monoisotopic (exact) mass is 854 g/mol. The lowest BCUT2D eigenvalue weighted by Crippen LogP contribution is -2.62. The lowest BCUT2D eigenvalue weighted by Gasteiger charge is -2.31. The van der Waals surface area contributed by atoms with Gasteiger partial charge in [0.25, 0.3) is 0 Å². The number of carbonyl (C=O) groups is 7. The highest BCUT2D eigenvalue weighted by molar-refractivity contribution is 5.97. The molecular formula is C40H62N12O9. The number of aliphatic carboxylic acids is 1. The van der Waals surface area contributed by atoms with Crippen molar-refractivity contribution in [3.05, 3.63) is 54.1 Å². The molecule has 0 spiro atoms. The van der Waals surface area contributed by atoms with Crippen LogP contribution in [0, 0.1) is 11.8 Å². The van der Waals surface area contributed by atoms with E-state index in [4.69, 9.17) is 17.2 Å². The predicted molar refractivity (Wildman–Crippen MR) is 224 cm³/mol. The Bertz CT molecular complexity index is 1810. The van der Waals surface area contributed by atoms with E-state index >= 15 is 0 Å². The first-order valence-electron chi connectivity index (χ1n) is 20.4. The average Bonchev–Trinajstić information content (AvgIpc) is 3.94. The third-order valence-corrected chi connectivity index (χ3v) is 10.5. The van der Waals surface area contributed by atoms with E-state index in [0.29, 0.717) is 30.5 Å². The zero-order valence-electron chi connectivity index (χ0n) is 35.1. The van der Waals surface area contributed by atoms with E-state index in [1.807, 2.05) is 0 Å². The second-order valence-electron chi connectivity index (χ2n) is 15.5. The zero-order valence-corrected chi connectivity index (χ0v) is 35.1. The number of carboxylic acid groups (broad SMARTS) is 1. The molecule has 21 heteroatoms. The van der Waals surface area contributed by atoms with Crippen LogP contribution < -0.4 is 43.8 Å². The van der Waals surface area contributed by atoms with Crippen LogP contribution in [0.2, 0.25) is 0 Å². The fourth-order valence-corrected chi connectivity index (χ4v) is 6.76. The van der Waals surface area contributed by atoms with E-state index in [2.05, 4.69) is 41.5 Å². The number of nitrogens with zero attached hydrogens (tertiary/aromatic N) is 3. The van der Waals surface area contributed by atoms with Crippen molar-refractivity contribution in [1.29, 1.82) is 0 Å². The molecular weight excluding hydrogens is 793 g/mol. The molecule has 1 aliphatic heterocycles. The van der Waals surface area contributed by atoms with Crippen LogP contribution in [0.3, 0.4) is 0 Å². The molecule has 21 nitrogen and oxygen atoms in total. The number of benzene rings is 1. The Hall–Kier alpha value is -6.09. The number of amides is 6. The molecule has 1 aliphatic rings. The standard InChI is InChI=1S/C40H62N12O9/c1-5-23(4)32(51-34(55)29(20-53)49-36(57)31(22(2)3)50-33(54)26(41)13-9-15-45-40(42)43)37(58)47-27(18-25-19-44-21-46-25)38(59)52-16-10-14-30(52)35(56)48-28(39(60)61)17-24-11-7-6-8-12-24/h6-8,11-12,19,21-23,26-32,53H,5,9-10,13-18,20,41H2,1-4H3,(H,44,46)(H,47,58)(H,48,56)(H,49,57)(H,50,54)(H,51,55)(H,60,61)(H4,42,43,45)/t23-,26-,27-,28-,29-,30-,31-,32-/m0/s1. The molecule has 0 radical (unpaired) electrons. The van der Waals surface area contributed by atoms with Crippen molar-refractivity contribution in [2.45, 2.75) is 115 Å². The first kappa shape index (κ1) is 49.3. The molecule has 2 heterocycles. The number of nitrogens with one attached hydrogen (secondary N) is 6. The number of H-pyrrole nitrogens is 1. The van der Waals surface area contributed by atoms with Crippen molar-refractivity contribution in [2.24, 2.45) is 34.0 Å². The number of guanidine groups is 1. The highest BCUT2D eigenvalue weighted by atomic mass is 16.4. The summed E-state index contributed by atoms with van der Waals surface area (Å²) in [6, 6.07) is 0.338. The molecule has 0 aliphatic carbocycles. The number of aliphatic hydroxyl groups is 1. The molecule has 14 N–H and O–H groups in total. The lowest BCUT2D eigenvalue weighted by molar-refractivity contribution is -0.145. The molecule has 6 amide bonds. The highest BCUT2D eigenvalue weighted by Gasteiger charge is 2.40. The van der Waals surface area contributed by atoms with Gasteiger partial charge in [-0.2, -0.15) is 0 Å². The SMILES string of the molecule is CC[C@H](C)[C@H](NC(=O)[C@H](CO)NC(=O)[C@@H](NC(=O)[C@@H](N)CCCN=C(N)N)C(C)C)C(=O)N[C@@H](Cc1cnc[nH]1)C(=O)N1CCC[C@H]1C(=O)N[C@@H](Cc1ccccc1)C(=O)O. The van der Waals surface area contributed by atoms with Gasteiger partial charge in [0.15, 0.2) is 5.96 Å². The van der Waals surface area contributed by atoms with Crippen molar-refractivity contribution in [1.82, 2.24) is 41.5 Å². The first-order valence-corrected chi connectivity index (χ1v) is 20.4. The van der Waals surface area contributed by atoms with Crippen LogP contribution in [-0.2, 0) is 46.4 Å². The Balaban J connectivity index is 1.75. The number of carbonyl (C=O) groups excluding carboxylic acids is 6. The van der Waals surface area contributed by atoms with Gasteiger partial charge in [-0.3, -0.25) is 33.8 Å². The van der Waals surface area contributed by atoms with Gasteiger partial charge in [0, 0.05) is 37.8 Å². The maximum Gasteiger partial charge on any atom is 0.326 e. The number of carboxylic acids is 1. The number of hydrogen-bond donors (Lipinski definition) is 11. The van der Waals surface area contributed by atoms with Crippen molar-refractivity contribution in [2.75, 3.05) is 19.7 Å². The number of rotatable bonds is 24. The minimum atomic E-state index is -1.54. The Morgan fingerprint density at radius 2 is 1.54 bits per heavy atom. The molecule has 2 aromatic rings. The minimum absolute atomic E-state index is 0.0256. The van der Waals surface area contributed by atoms with Gasteiger partial charge in [-0.05, 0) is 43.1 Å². The maximum atomic E-state index is 14.3. The van der Waals surface area contributed by atoms with Crippen LogP contribution in [0.5, 0.6) is 0 Å². The zero-order chi connectivity index (χ0) is 45.2. The van der Waals surface area contributed by atoms with Crippen LogP contribution in [0.25, 0.3) is 0 Å². The Morgan fingerprint density at radius 3 is 2.13 bits per heavy atom. The second kappa shape index (κ2) is 24.2. The first-order chi connectivity index (χ1) is 29.0. The van der Waals surface area contributed by atoms with Gasteiger partial charge in [-0.1, -0.05) is 64.4 Å².